The van der Waals surface area contributed by atoms with Gasteiger partial charge in [-0.25, -0.2) is 0 Å². The zero-order valence-electron chi connectivity index (χ0n) is 34.8. The number of phenolic OH excluding ortho intramolecular Hbond substituents is 1. The normalized spacial score (nSPS) is 30.3. The number of aromatic hydroxyl groups is 1. The number of hydrogen-bond donors (Lipinski definition) is 6. The summed E-state index contributed by atoms with van der Waals surface area (Å²) >= 11 is 0. The summed E-state index contributed by atoms with van der Waals surface area (Å²) in [5.41, 5.74) is 10.1. The van der Waals surface area contributed by atoms with Gasteiger partial charge in [-0.05, 0) is 135 Å². The van der Waals surface area contributed by atoms with Crippen molar-refractivity contribution >= 4 is 24.1 Å². The van der Waals surface area contributed by atoms with Gasteiger partial charge in [0.1, 0.15) is 17.8 Å². The number of aldehydes is 1. The van der Waals surface area contributed by atoms with Crippen LogP contribution in [0.4, 0.5) is 0 Å². The quantitative estimate of drug-likeness (QED) is 0.0448. The lowest BCUT2D eigenvalue weighted by atomic mass is 9.52. The third-order valence-corrected chi connectivity index (χ3v) is 15.7. The van der Waals surface area contributed by atoms with E-state index in [2.05, 4.69) is 36.4 Å². The third kappa shape index (κ3) is 8.15. The van der Waals surface area contributed by atoms with Crippen molar-refractivity contribution in [1.29, 1.82) is 0 Å². The summed E-state index contributed by atoms with van der Waals surface area (Å²) in [6, 6.07) is 23.9. The molecule has 8 nitrogen and oxygen atoms in total. The lowest BCUT2D eigenvalue weighted by Gasteiger charge is -2.51. The van der Waals surface area contributed by atoms with Crippen LogP contribution in [0.25, 0.3) is 11.8 Å². The molecule has 8 heteroatoms. The number of unbranched alkanes of at least 4 members (excludes halogenated alkanes) is 2. The number of aliphatic hydroxyl groups excluding tert-OH is 2. The van der Waals surface area contributed by atoms with Crippen molar-refractivity contribution in [3.8, 4) is 5.75 Å². The number of allylic oxidation sites excluding steroid dienone is 2. The van der Waals surface area contributed by atoms with Crippen LogP contribution in [0.2, 0.25) is 0 Å². The number of carboxylic acid groups (broad SMARTS) is 1. The maximum atomic E-state index is 13.9. The van der Waals surface area contributed by atoms with Crippen LogP contribution in [0.1, 0.15) is 107 Å². The average Bonchev–Trinajstić information content (AvgIpc) is 3.71. The number of fused-ring (bicyclic) bond motifs is 6. The van der Waals surface area contributed by atoms with E-state index in [-0.39, 0.29) is 40.6 Å². The highest BCUT2D eigenvalue weighted by Crippen LogP contribution is 2.56. The lowest BCUT2D eigenvalue weighted by Crippen LogP contribution is -2.52. The van der Waals surface area contributed by atoms with E-state index in [9.17, 15) is 35.1 Å². The van der Waals surface area contributed by atoms with Gasteiger partial charge in [0.05, 0.1) is 5.92 Å². The van der Waals surface area contributed by atoms with Gasteiger partial charge in [-0.15, -0.1) is 0 Å². The molecule has 0 radical (unpaired) electrons. The molecule has 9 atom stereocenters. The molecular formula is C52H63NO7. The van der Waals surface area contributed by atoms with Gasteiger partial charge in [-0.3, -0.25) is 4.79 Å². The average molecular weight is 814 g/mol. The maximum Gasteiger partial charge on any atom is 0.308 e. The fraction of sp³-hybridized carbons (Fsp3) is 0.500. The van der Waals surface area contributed by atoms with Crippen LogP contribution in [0, 0.1) is 41.4 Å². The van der Waals surface area contributed by atoms with E-state index in [0.717, 1.165) is 97.6 Å². The van der Waals surface area contributed by atoms with E-state index in [4.69, 9.17) is 5.73 Å². The summed E-state index contributed by atoms with van der Waals surface area (Å²) in [4.78, 5) is 26.1. The smallest absolute Gasteiger partial charge is 0.308 e. The van der Waals surface area contributed by atoms with Gasteiger partial charge >= 0.3 is 5.97 Å². The van der Waals surface area contributed by atoms with Crippen molar-refractivity contribution in [1.82, 2.24) is 0 Å². The first-order valence-corrected chi connectivity index (χ1v) is 22.6. The Morgan fingerprint density at radius 3 is 2.45 bits per heavy atom. The Hall–Kier alpha value is -4.50. The Labute approximate surface area is 354 Å². The van der Waals surface area contributed by atoms with Crippen LogP contribution in [0.15, 0.2) is 96.1 Å². The van der Waals surface area contributed by atoms with Crippen LogP contribution in [0.5, 0.6) is 5.75 Å². The molecule has 6 aliphatic carbocycles. The van der Waals surface area contributed by atoms with Crippen molar-refractivity contribution < 1.29 is 35.1 Å². The number of aliphatic carboxylic acids is 1. The van der Waals surface area contributed by atoms with E-state index >= 15 is 0 Å². The van der Waals surface area contributed by atoms with Crippen molar-refractivity contribution in [2.75, 3.05) is 6.54 Å². The van der Waals surface area contributed by atoms with Gasteiger partial charge in [0.15, 0.2) is 6.29 Å². The first-order valence-electron chi connectivity index (χ1n) is 22.6. The van der Waals surface area contributed by atoms with E-state index in [0.29, 0.717) is 44.6 Å². The zero-order chi connectivity index (χ0) is 42.0. The van der Waals surface area contributed by atoms with E-state index in [1.165, 1.54) is 11.1 Å². The Bertz CT molecular complexity index is 2230. The SMILES string of the molecule is NCCC1=CC(C(C=O)CCCCCC2CC3=CC(C(O)O)C(C(=O)O)C4(CCC5C=c6ccccc6=C(O)C5C4)c4cccc(c4)CC2(c2ccc(O)cc2)CC3)CC1. The highest BCUT2D eigenvalue weighted by atomic mass is 16.5. The Morgan fingerprint density at radius 2 is 1.68 bits per heavy atom. The molecule has 0 heterocycles. The molecule has 0 amide bonds. The number of hydrogen-bond acceptors (Lipinski definition) is 7. The van der Waals surface area contributed by atoms with E-state index in [1.807, 2.05) is 42.5 Å². The molecular weight excluding hydrogens is 751 g/mol. The van der Waals surface area contributed by atoms with E-state index < -0.39 is 29.5 Å². The monoisotopic (exact) mass is 813 g/mol. The summed E-state index contributed by atoms with van der Waals surface area (Å²) in [6.45, 7) is 0.640. The summed E-state index contributed by atoms with van der Waals surface area (Å²) < 4.78 is 0. The molecule has 3 aromatic rings. The number of rotatable bonds is 13. The predicted molar refractivity (Wildman–Crippen MR) is 234 cm³/mol. The second kappa shape index (κ2) is 17.8. The van der Waals surface area contributed by atoms with Gasteiger partial charge in [0.2, 0.25) is 0 Å². The topological polar surface area (TPSA) is 161 Å². The van der Waals surface area contributed by atoms with Crippen LogP contribution < -0.4 is 16.2 Å². The van der Waals surface area contributed by atoms with Crippen LogP contribution in [-0.4, -0.2) is 50.6 Å². The Morgan fingerprint density at radius 1 is 0.867 bits per heavy atom. The molecule has 0 aromatic heterocycles. The van der Waals surface area contributed by atoms with Crippen molar-refractivity contribution in [3.63, 3.8) is 0 Å². The second-order valence-corrected chi connectivity index (χ2v) is 18.9. The highest BCUT2D eigenvalue weighted by molar-refractivity contribution is 5.74. The Kier molecular flexibility index (Phi) is 12.6. The van der Waals surface area contributed by atoms with Gasteiger partial charge in [-0.1, -0.05) is 109 Å². The Balaban J connectivity index is 1.15. The fourth-order valence-electron chi connectivity index (χ4n) is 12.7. The number of carbonyl (C=O) groups excluding carboxylic acids is 1. The van der Waals surface area contributed by atoms with Crippen LogP contribution in [-0.2, 0) is 26.8 Å². The summed E-state index contributed by atoms with van der Waals surface area (Å²) in [7, 11) is 0. The summed E-state index contributed by atoms with van der Waals surface area (Å²) in [5.74, 6) is -2.58. The van der Waals surface area contributed by atoms with Crippen LogP contribution in [0.3, 0.4) is 0 Å². The van der Waals surface area contributed by atoms with Crippen molar-refractivity contribution in [3.05, 3.63) is 123 Å². The summed E-state index contributed by atoms with van der Waals surface area (Å²) in [6.07, 6.45) is 17.8. The number of nitrogens with two attached hydrogens (primary N) is 1. The van der Waals surface area contributed by atoms with Gasteiger partial charge in [-0.2, -0.15) is 0 Å². The molecule has 2 fully saturated rings. The number of phenols is 1. The number of aliphatic hydroxyl groups is 3. The van der Waals surface area contributed by atoms with Gasteiger partial charge in [0.25, 0.3) is 0 Å². The maximum absolute atomic E-state index is 13.9. The summed E-state index contributed by atoms with van der Waals surface area (Å²) in [5, 5.41) is 57.9. The lowest BCUT2D eigenvalue weighted by molar-refractivity contribution is -0.158. The molecule has 9 rings (SSSR count). The molecule has 0 aliphatic heterocycles. The molecule has 9 unspecified atom stereocenters. The van der Waals surface area contributed by atoms with Crippen molar-refractivity contribution in [2.24, 2.45) is 47.2 Å². The first kappa shape index (κ1) is 42.2. The third-order valence-electron chi connectivity index (χ3n) is 15.7. The van der Waals surface area contributed by atoms with Gasteiger partial charge in [0, 0.05) is 33.8 Å². The zero-order valence-corrected chi connectivity index (χ0v) is 34.8. The largest absolute Gasteiger partial charge is 0.511 e. The minimum Gasteiger partial charge on any atom is -0.511 e. The minimum atomic E-state index is -1.90. The van der Waals surface area contributed by atoms with Gasteiger partial charge < -0.3 is 36.1 Å². The van der Waals surface area contributed by atoms with E-state index in [1.54, 1.807) is 12.1 Å². The minimum absolute atomic E-state index is 0.0228. The fourth-order valence-corrected chi connectivity index (χ4v) is 12.7. The number of carboxylic acids is 1. The van der Waals surface area contributed by atoms with Crippen LogP contribution >= 0.6 is 0 Å². The molecule has 318 valence electrons. The molecule has 6 aliphatic rings. The standard InChI is InChI=1S/C52H63NO7/c53-24-21-33-13-14-36(25-33)39(32-54)9-2-1-3-10-41-26-34-19-22-51(41,40-15-17-43(55)18-16-40)30-35-7-6-11-42(27-35)52(47(50(59)60)45(28-34)49(57)58)23-20-38-29-37-8-4-5-12-44(37)48(56)46(38)31-52/h4-8,11-12,15-18,25,27-29,32,36,38-39,41,45-47,49,55-58H,1-3,9-10,13-14,19-24,26,30-31,53H2,(H,59,60). The molecule has 2 saturated carbocycles. The van der Waals surface area contributed by atoms with Crippen molar-refractivity contribution in [2.45, 2.75) is 113 Å². The molecule has 7 N–H and O–H groups in total. The molecule has 3 aromatic carbocycles. The first-order chi connectivity index (χ1) is 29.0. The molecule has 4 bridgehead atoms. The molecule has 1 spiro atoms. The predicted octanol–water partition coefficient (Wildman–Crippen LogP) is 7.51. The number of benzene rings is 3. The second-order valence-electron chi connectivity index (χ2n) is 18.9. The number of carbonyl (C=O) groups is 2. The molecule has 60 heavy (non-hydrogen) atoms. The molecule has 0 saturated heterocycles. The highest BCUT2D eigenvalue weighted by Gasteiger charge is 2.55.